The van der Waals surface area contributed by atoms with Crippen molar-refractivity contribution in [3.05, 3.63) is 42.2 Å². The van der Waals surface area contributed by atoms with E-state index < -0.39 is 0 Å². The second-order valence-electron chi connectivity index (χ2n) is 7.57. The van der Waals surface area contributed by atoms with Gasteiger partial charge >= 0.3 is 0 Å². The van der Waals surface area contributed by atoms with Crippen LogP contribution in [0, 0.1) is 0 Å². The Morgan fingerprint density at radius 3 is 2.79 bits per heavy atom. The van der Waals surface area contributed by atoms with E-state index in [1.54, 1.807) is 13.3 Å². The Hall–Kier alpha value is -2.80. The summed E-state index contributed by atoms with van der Waals surface area (Å²) in [5.74, 6) is 1.80. The SMILES string of the molecule is CO[C@H]1CCC[C@@H]1Nc1cnc2ccc(Nc3cc(C(C)C)cnn3)nc2c1. The number of fused-ring (bicyclic) bond motifs is 1. The maximum Gasteiger partial charge on any atom is 0.154 e. The Balaban J connectivity index is 1.55. The summed E-state index contributed by atoms with van der Waals surface area (Å²) in [6.45, 7) is 4.27. The summed E-state index contributed by atoms with van der Waals surface area (Å²) in [4.78, 5) is 9.24. The highest BCUT2D eigenvalue weighted by atomic mass is 16.5. The molecular formula is C21H26N6O. The molecule has 1 fully saturated rings. The third kappa shape index (κ3) is 4.04. The Bertz CT molecular complexity index is 961. The molecule has 7 heteroatoms. The van der Waals surface area contributed by atoms with E-state index in [0.717, 1.165) is 40.9 Å². The van der Waals surface area contributed by atoms with Gasteiger partial charge in [0, 0.05) is 7.11 Å². The lowest BCUT2D eigenvalue weighted by atomic mass is 10.1. The highest BCUT2D eigenvalue weighted by Crippen LogP contribution is 2.26. The zero-order chi connectivity index (χ0) is 19.5. The van der Waals surface area contributed by atoms with Gasteiger partial charge in [0.1, 0.15) is 5.82 Å². The summed E-state index contributed by atoms with van der Waals surface area (Å²) >= 11 is 0. The van der Waals surface area contributed by atoms with Crippen LogP contribution in [0.2, 0.25) is 0 Å². The van der Waals surface area contributed by atoms with E-state index in [4.69, 9.17) is 9.72 Å². The number of nitrogens with one attached hydrogen (secondary N) is 2. The number of ether oxygens (including phenoxy) is 1. The van der Waals surface area contributed by atoms with Crippen LogP contribution in [0.5, 0.6) is 0 Å². The number of hydrogen-bond donors (Lipinski definition) is 2. The molecule has 0 aromatic carbocycles. The minimum absolute atomic E-state index is 0.253. The van der Waals surface area contributed by atoms with Gasteiger partial charge in [-0.25, -0.2) is 4.98 Å². The summed E-state index contributed by atoms with van der Waals surface area (Å²) in [6.07, 6.45) is 7.29. The van der Waals surface area contributed by atoms with Gasteiger partial charge in [0.05, 0.1) is 41.3 Å². The van der Waals surface area contributed by atoms with Gasteiger partial charge in [-0.05, 0) is 55.0 Å². The molecule has 28 heavy (non-hydrogen) atoms. The number of rotatable bonds is 6. The second kappa shape index (κ2) is 8.06. The van der Waals surface area contributed by atoms with E-state index >= 15 is 0 Å². The molecule has 0 aliphatic heterocycles. The van der Waals surface area contributed by atoms with E-state index in [1.165, 1.54) is 6.42 Å². The van der Waals surface area contributed by atoms with Crippen LogP contribution >= 0.6 is 0 Å². The fourth-order valence-electron chi connectivity index (χ4n) is 3.63. The van der Waals surface area contributed by atoms with E-state index in [1.807, 2.05) is 30.5 Å². The normalized spacial score (nSPS) is 19.3. The molecule has 0 unspecified atom stereocenters. The molecule has 3 aromatic rings. The standard InChI is InChI=1S/C21H26N6O/c1-13(2)14-9-21(27-23-11-14)26-20-8-7-16-18(25-20)10-15(12-22-16)24-17-5-4-6-19(17)28-3/h7-13,17,19,24H,4-6H2,1-3H3,(H,25,26,27)/t17-,19-/m0/s1. The highest BCUT2D eigenvalue weighted by molar-refractivity contribution is 5.79. The molecule has 146 valence electrons. The quantitative estimate of drug-likeness (QED) is 0.662. The van der Waals surface area contributed by atoms with Crippen LogP contribution in [-0.4, -0.2) is 39.4 Å². The Morgan fingerprint density at radius 1 is 1.07 bits per heavy atom. The van der Waals surface area contributed by atoms with Gasteiger partial charge in [-0.2, -0.15) is 5.10 Å². The Labute approximate surface area is 165 Å². The highest BCUT2D eigenvalue weighted by Gasteiger charge is 2.26. The fraction of sp³-hybridized carbons (Fsp3) is 0.429. The number of pyridine rings is 2. The molecule has 2 atom stereocenters. The zero-order valence-electron chi connectivity index (χ0n) is 16.5. The third-order valence-electron chi connectivity index (χ3n) is 5.24. The molecule has 0 saturated heterocycles. The first kappa shape index (κ1) is 18.6. The van der Waals surface area contributed by atoms with Crippen LogP contribution in [0.1, 0.15) is 44.6 Å². The lowest BCUT2D eigenvalue weighted by Gasteiger charge is -2.20. The van der Waals surface area contributed by atoms with Crippen molar-refractivity contribution in [1.29, 1.82) is 0 Å². The minimum atomic E-state index is 0.253. The lowest BCUT2D eigenvalue weighted by Crippen LogP contribution is -2.29. The summed E-state index contributed by atoms with van der Waals surface area (Å²) in [6, 6.07) is 8.23. The van der Waals surface area contributed by atoms with E-state index in [-0.39, 0.29) is 6.10 Å². The molecule has 1 saturated carbocycles. The van der Waals surface area contributed by atoms with Crippen molar-refractivity contribution in [2.24, 2.45) is 0 Å². The predicted molar refractivity (Wildman–Crippen MR) is 111 cm³/mol. The van der Waals surface area contributed by atoms with Crippen LogP contribution in [0.15, 0.2) is 36.7 Å². The van der Waals surface area contributed by atoms with Crippen LogP contribution < -0.4 is 10.6 Å². The fourth-order valence-corrected chi connectivity index (χ4v) is 3.63. The van der Waals surface area contributed by atoms with E-state index in [0.29, 0.717) is 17.8 Å². The van der Waals surface area contributed by atoms with Crippen molar-refractivity contribution in [3.63, 3.8) is 0 Å². The topological polar surface area (TPSA) is 84.9 Å². The molecular weight excluding hydrogens is 352 g/mol. The molecule has 4 rings (SSSR count). The molecule has 1 aliphatic rings. The number of hydrogen-bond acceptors (Lipinski definition) is 7. The van der Waals surface area contributed by atoms with Crippen molar-refractivity contribution < 1.29 is 4.74 Å². The predicted octanol–water partition coefficient (Wildman–Crippen LogP) is 4.27. The van der Waals surface area contributed by atoms with Crippen LogP contribution in [0.3, 0.4) is 0 Å². The smallest absolute Gasteiger partial charge is 0.154 e. The van der Waals surface area contributed by atoms with Crippen molar-refractivity contribution >= 4 is 28.4 Å². The average Bonchev–Trinajstić information content (AvgIpc) is 3.15. The van der Waals surface area contributed by atoms with Gasteiger partial charge in [-0.3, -0.25) is 4.98 Å². The van der Waals surface area contributed by atoms with Gasteiger partial charge in [0.25, 0.3) is 0 Å². The molecule has 0 amide bonds. The first-order valence-electron chi connectivity index (χ1n) is 9.78. The molecule has 0 spiro atoms. The molecule has 0 radical (unpaired) electrons. The van der Waals surface area contributed by atoms with E-state index in [2.05, 4.69) is 39.7 Å². The summed E-state index contributed by atoms with van der Waals surface area (Å²) < 4.78 is 5.57. The maximum absolute atomic E-state index is 5.57. The van der Waals surface area contributed by atoms with E-state index in [9.17, 15) is 0 Å². The van der Waals surface area contributed by atoms with Gasteiger partial charge in [-0.1, -0.05) is 13.8 Å². The number of nitrogens with zero attached hydrogens (tertiary/aromatic N) is 4. The van der Waals surface area contributed by atoms with Gasteiger partial charge < -0.3 is 15.4 Å². The minimum Gasteiger partial charge on any atom is -0.379 e. The molecule has 0 bridgehead atoms. The monoisotopic (exact) mass is 378 g/mol. The largest absolute Gasteiger partial charge is 0.379 e. The van der Waals surface area contributed by atoms with Crippen molar-refractivity contribution in [2.75, 3.05) is 17.7 Å². The second-order valence-corrected chi connectivity index (χ2v) is 7.57. The Morgan fingerprint density at radius 2 is 1.96 bits per heavy atom. The van der Waals surface area contributed by atoms with Crippen LogP contribution in [0.25, 0.3) is 11.0 Å². The van der Waals surface area contributed by atoms with Gasteiger partial charge in [0.15, 0.2) is 5.82 Å². The van der Waals surface area contributed by atoms with Gasteiger partial charge in [0.2, 0.25) is 0 Å². The Kier molecular flexibility index (Phi) is 5.34. The molecule has 3 aromatic heterocycles. The molecule has 7 nitrogen and oxygen atoms in total. The molecule has 3 heterocycles. The maximum atomic E-state index is 5.57. The van der Waals surface area contributed by atoms with Crippen LogP contribution in [0.4, 0.5) is 17.3 Å². The summed E-state index contributed by atoms with van der Waals surface area (Å²) in [5, 5.41) is 15.0. The lowest BCUT2D eigenvalue weighted by molar-refractivity contribution is 0.101. The zero-order valence-corrected chi connectivity index (χ0v) is 16.5. The number of anilines is 3. The van der Waals surface area contributed by atoms with Crippen molar-refractivity contribution in [1.82, 2.24) is 20.2 Å². The first-order chi connectivity index (χ1) is 13.6. The number of aromatic nitrogens is 4. The average molecular weight is 378 g/mol. The van der Waals surface area contributed by atoms with Crippen molar-refractivity contribution in [3.8, 4) is 0 Å². The molecule has 1 aliphatic carbocycles. The van der Waals surface area contributed by atoms with Gasteiger partial charge in [-0.15, -0.1) is 5.10 Å². The van der Waals surface area contributed by atoms with Crippen molar-refractivity contribution in [2.45, 2.75) is 51.2 Å². The van der Waals surface area contributed by atoms with Crippen LogP contribution in [-0.2, 0) is 4.74 Å². The first-order valence-corrected chi connectivity index (χ1v) is 9.78. The summed E-state index contributed by atoms with van der Waals surface area (Å²) in [5.41, 5.74) is 3.78. The summed E-state index contributed by atoms with van der Waals surface area (Å²) in [7, 11) is 1.78. The number of methoxy groups -OCH3 is 1. The third-order valence-corrected chi connectivity index (χ3v) is 5.24. The molecule has 2 N–H and O–H groups in total.